The molecule has 2 unspecified atom stereocenters. The quantitative estimate of drug-likeness (QED) is 0.664. The molecule has 0 spiro atoms. The van der Waals surface area contributed by atoms with Crippen LogP contribution in [0.1, 0.15) is 19.8 Å². The van der Waals surface area contributed by atoms with Crippen molar-refractivity contribution in [3.05, 3.63) is 0 Å². The van der Waals surface area contributed by atoms with Gasteiger partial charge in [-0.3, -0.25) is 4.74 Å². The van der Waals surface area contributed by atoms with E-state index < -0.39 is 42.6 Å². The molecule has 0 saturated carbocycles. The topological polar surface area (TPSA) is 9.23 Å². The first-order valence-corrected chi connectivity index (χ1v) is 4.63. The van der Waals surface area contributed by atoms with E-state index in [-0.39, 0.29) is 0 Å². The second kappa shape index (κ2) is 3.67. The Kier molecular flexibility index (Phi) is 3.14. The molecular weight excluding hydrogens is 283 g/mol. The monoisotopic (exact) mass is 290 g/mol. The molecule has 1 aliphatic rings. The molecule has 0 aromatic carbocycles. The van der Waals surface area contributed by atoms with Gasteiger partial charge >= 0.3 is 24.1 Å². The number of hydrogen-bond acceptors (Lipinski definition) is 1. The lowest BCUT2D eigenvalue weighted by Gasteiger charge is -2.47. The van der Waals surface area contributed by atoms with Gasteiger partial charge in [-0.15, -0.1) is 0 Å². The minimum atomic E-state index is -6.51. The molecule has 108 valence electrons. The highest BCUT2D eigenvalue weighted by atomic mass is 19.4. The van der Waals surface area contributed by atoms with Gasteiger partial charge in [0, 0.05) is 0 Å². The van der Waals surface area contributed by atoms with Crippen molar-refractivity contribution in [2.24, 2.45) is 0 Å². The van der Waals surface area contributed by atoms with E-state index in [2.05, 4.69) is 4.74 Å². The molecule has 1 heterocycles. The molecule has 0 radical (unpaired) electrons. The molecule has 1 nitrogen and oxygen atoms in total. The first-order valence-electron chi connectivity index (χ1n) is 4.63. The SMILES string of the molecule is CCC1(F)CC(F)(F)OC(F)(C(F)(F)F)C1(F)F. The van der Waals surface area contributed by atoms with E-state index in [9.17, 15) is 39.5 Å². The predicted molar refractivity (Wildman–Crippen MR) is 39.6 cm³/mol. The summed E-state index contributed by atoms with van der Waals surface area (Å²) in [6.45, 7) is 0.603. The van der Waals surface area contributed by atoms with Gasteiger partial charge in [0.2, 0.25) is 0 Å². The van der Waals surface area contributed by atoms with Crippen molar-refractivity contribution in [2.45, 2.75) is 49.5 Å². The largest absolute Gasteiger partial charge is 0.455 e. The van der Waals surface area contributed by atoms with Gasteiger partial charge in [0.15, 0.2) is 5.67 Å². The zero-order chi connectivity index (χ0) is 14.6. The Morgan fingerprint density at radius 3 is 1.78 bits per heavy atom. The fourth-order valence-corrected chi connectivity index (χ4v) is 1.61. The van der Waals surface area contributed by atoms with Crippen molar-refractivity contribution >= 4 is 0 Å². The maximum absolute atomic E-state index is 13.6. The second-order valence-corrected chi connectivity index (χ2v) is 3.90. The van der Waals surface area contributed by atoms with E-state index in [4.69, 9.17) is 0 Å². The van der Waals surface area contributed by atoms with Gasteiger partial charge in [0.05, 0.1) is 6.42 Å². The van der Waals surface area contributed by atoms with Gasteiger partial charge in [-0.1, -0.05) is 6.92 Å². The maximum atomic E-state index is 13.6. The molecule has 10 heteroatoms. The summed E-state index contributed by atoms with van der Waals surface area (Å²) in [5.74, 6) is -11.9. The minimum absolute atomic E-state index is 0.603. The zero-order valence-corrected chi connectivity index (χ0v) is 8.72. The van der Waals surface area contributed by atoms with Crippen LogP contribution in [-0.4, -0.2) is 29.7 Å². The molecule has 0 amide bonds. The van der Waals surface area contributed by atoms with Gasteiger partial charge in [-0.25, -0.2) is 4.39 Å². The van der Waals surface area contributed by atoms with Gasteiger partial charge < -0.3 is 0 Å². The third-order valence-corrected chi connectivity index (χ3v) is 2.67. The van der Waals surface area contributed by atoms with Crippen LogP contribution < -0.4 is 0 Å². The van der Waals surface area contributed by atoms with Crippen molar-refractivity contribution < 1.29 is 44.3 Å². The Morgan fingerprint density at radius 1 is 1.00 bits per heavy atom. The molecule has 0 N–H and O–H groups in total. The standard InChI is InChI=1S/C8H7F9O/c1-2-4(9)3-5(10,11)18-7(14,6(4,12)13)8(15,16)17/h2-3H2,1H3. The Balaban J connectivity index is 3.42. The van der Waals surface area contributed by atoms with Crippen LogP contribution in [-0.2, 0) is 4.74 Å². The van der Waals surface area contributed by atoms with Crippen LogP contribution in [0.2, 0.25) is 0 Å². The van der Waals surface area contributed by atoms with Gasteiger partial charge in [-0.05, 0) is 6.42 Å². The summed E-state index contributed by atoms with van der Waals surface area (Å²) < 4.78 is 118. The molecule has 0 aromatic heterocycles. The second-order valence-electron chi connectivity index (χ2n) is 3.90. The number of hydrogen-bond donors (Lipinski definition) is 0. The summed E-state index contributed by atoms with van der Waals surface area (Å²) in [6.07, 6.45) is -15.3. The van der Waals surface area contributed by atoms with Gasteiger partial charge in [0.25, 0.3) is 0 Å². The number of halogens is 9. The molecule has 2 atom stereocenters. The Morgan fingerprint density at radius 2 is 1.44 bits per heavy atom. The summed E-state index contributed by atoms with van der Waals surface area (Å²) in [5, 5.41) is 0. The van der Waals surface area contributed by atoms with Crippen LogP contribution in [0, 0.1) is 0 Å². The first kappa shape index (κ1) is 15.4. The number of rotatable bonds is 1. The molecule has 0 aliphatic carbocycles. The van der Waals surface area contributed by atoms with Crippen molar-refractivity contribution in [1.82, 2.24) is 0 Å². The highest BCUT2D eigenvalue weighted by molar-refractivity contribution is 5.10. The summed E-state index contributed by atoms with van der Waals surface area (Å²) in [5.41, 5.74) is -4.36. The third-order valence-electron chi connectivity index (χ3n) is 2.67. The van der Waals surface area contributed by atoms with Crippen LogP contribution in [0.3, 0.4) is 0 Å². The van der Waals surface area contributed by atoms with E-state index >= 15 is 0 Å². The molecule has 1 aliphatic heterocycles. The van der Waals surface area contributed by atoms with Crippen molar-refractivity contribution in [3.63, 3.8) is 0 Å². The molecule has 0 bridgehead atoms. The van der Waals surface area contributed by atoms with E-state index in [1.54, 1.807) is 0 Å². The average Bonchev–Trinajstić information content (AvgIpc) is 2.11. The molecule has 1 fully saturated rings. The molecule has 1 rings (SSSR count). The van der Waals surface area contributed by atoms with E-state index in [0.29, 0.717) is 6.92 Å². The van der Waals surface area contributed by atoms with E-state index in [1.165, 1.54) is 0 Å². The highest BCUT2D eigenvalue weighted by Crippen LogP contribution is 2.61. The molecule has 0 aromatic rings. The number of alkyl halides is 9. The van der Waals surface area contributed by atoms with Crippen LogP contribution in [0.25, 0.3) is 0 Å². The maximum Gasteiger partial charge on any atom is 0.455 e. The Bertz CT molecular complexity index is 338. The lowest BCUT2D eigenvalue weighted by atomic mass is 9.83. The molecule has 18 heavy (non-hydrogen) atoms. The average molecular weight is 290 g/mol. The lowest BCUT2D eigenvalue weighted by molar-refractivity contribution is -0.504. The Hall–Kier alpha value is -0.670. The first-order chi connectivity index (χ1) is 7.72. The summed E-state index contributed by atoms with van der Waals surface area (Å²) in [6, 6.07) is 0. The predicted octanol–water partition coefficient (Wildman–Crippen LogP) is 3.98. The van der Waals surface area contributed by atoms with E-state index in [1.807, 2.05) is 0 Å². The number of ether oxygens (including phenoxy) is 1. The van der Waals surface area contributed by atoms with Crippen LogP contribution in [0.5, 0.6) is 0 Å². The fourth-order valence-electron chi connectivity index (χ4n) is 1.61. The fraction of sp³-hybridized carbons (Fsp3) is 1.00. The summed E-state index contributed by atoms with van der Waals surface area (Å²) >= 11 is 0. The van der Waals surface area contributed by atoms with E-state index in [0.717, 1.165) is 0 Å². The van der Waals surface area contributed by atoms with Crippen molar-refractivity contribution in [2.75, 3.05) is 0 Å². The van der Waals surface area contributed by atoms with Crippen LogP contribution in [0.15, 0.2) is 0 Å². The zero-order valence-electron chi connectivity index (χ0n) is 8.72. The van der Waals surface area contributed by atoms with Crippen LogP contribution >= 0.6 is 0 Å². The summed E-state index contributed by atoms with van der Waals surface area (Å²) in [7, 11) is 0. The molecular formula is C8H7F9O. The van der Waals surface area contributed by atoms with Crippen LogP contribution in [0.4, 0.5) is 39.5 Å². The van der Waals surface area contributed by atoms with Gasteiger partial charge in [-0.2, -0.15) is 35.1 Å². The lowest BCUT2D eigenvalue weighted by Crippen LogP contribution is -2.72. The third kappa shape index (κ3) is 1.84. The van der Waals surface area contributed by atoms with Crippen molar-refractivity contribution in [3.8, 4) is 0 Å². The minimum Gasteiger partial charge on any atom is -0.270 e. The summed E-state index contributed by atoms with van der Waals surface area (Å²) in [4.78, 5) is 0. The van der Waals surface area contributed by atoms with Crippen molar-refractivity contribution in [1.29, 1.82) is 0 Å². The Labute approximate surface area is 94.9 Å². The normalized spacial score (nSPS) is 39.7. The smallest absolute Gasteiger partial charge is 0.270 e. The molecule has 1 saturated heterocycles. The highest BCUT2D eigenvalue weighted by Gasteiger charge is 2.85. The van der Waals surface area contributed by atoms with Gasteiger partial charge in [0.1, 0.15) is 0 Å².